The fourth-order valence-corrected chi connectivity index (χ4v) is 2.92. The molecule has 100 valence electrons. The maximum absolute atomic E-state index is 3.40. The lowest BCUT2D eigenvalue weighted by molar-refractivity contribution is 0.589. The minimum atomic E-state index is 0.687. The fraction of sp³-hybridized carbons (Fsp3) is 0.625. The molecule has 0 bridgehead atoms. The zero-order valence-corrected chi connectivity index (χ0v) is 12.0. The van der Waals surface area contributed by atoms with Crippen LogP contribution in [0.25, 0.3) is 0 Å². The van der Waals surface area contributed by atoms with Gasteiger partial charge in [0, 0.05) is 31.9 Å². The molecule has 1 aromatic rings. The second-order valence-corrected chi connectivity index (χ2v) is 5.47. The number of nitrogens with one attached hydrogen (secondary N) is 1. The molecule has 0 amide bonds. The third-order valence-electron chi connectivity index (χ3n) is 3.99. The zero-order valence-electron chi connectivity index (χ0n) is 12.0. The second kappa shape index (κ2) is 6.24. The molecule has 1 aliphatic rings. The van der Waals surface area contributed by atoms with Crippen LogP contribution in [0.15, 0.2) is 18.2 Å². The molecular formula is C16H26N2. The monoisotopic (exact) mass is 246 g/mol. The number of nitrogens with zero attached hydrogens (tertiary/aromatic N) is 1. The van der Waals surface area contributed by atoms with Crippen LogP contribution < -0.4 is 10.2 Å². The Bertz CT molecular complexity index is 381. The van der Waals surface area contributed by atoms with Gasteiger partial charge in [0.2, 0.25) is 0 Å². The van der Waals surface area contributed by atoms with Crippen LogP contribution in [0.1, 0.15) is 43.7 Å². The molecule has 18 heavy (non-hydrogen) atoms. The summed E-state index contributed by atoms with van der Waals surface area (Å²) >= 11 is 0. The van der Waals surface area contributed by atoms with Gasteiger partial charge in [-0.25, -0.2) is 0 Å². The van der Waals surface area contributed by atoms with E-state index in [4.69, 9.17) is 0 Å². The molecule has 1 aromatic carbocycles. The molecule has 1 atom stereocenters. The van der Waals surface area contributed by atoms with Crippen molar-refractivity contribution in [2.75, 3.05) is 31.1 Å². The van der Waals surface area contributed by atoms with Crippen LogP contribution in [0, 0.1) is 6.92 Å². The molecule has 1 heterocycles. The lowest BCUT2D eigenvalue weighted by Gasteiger charge is -2.30. The topological polar surface area (TPSA) is 15.3 Å². The minimum absolute atomic E-state index is 0.687. The Morgan fingerprint density at radius 3 is 2.61 bits per heavy atom. The smallest absolute Gasteiger partial charge is 0.0369 e. The Hall–Kier alpha value is -1.02. The van der Waals surface area contributed by atoms with Crippen LogP contribution in [0.4, 0.5) is 5.69 Å². The first-order chi connectivity index (χ1) is 8.72. The highest BCUT2D eigenvalue weighted by Crippen LogP contribution is 2.27. The third-order valence-corrected chi connectivity index (χ3v) is 3.99. The molecule has 1 aliphatic heterocycles. The van der Waals surface area contributed by atoms with Gasteiger partial charge in [-0.2, -0.15) is 0 Å². The Labute approximate surface area is 111 Å². The van der Waals surface area contributed by atoms with Crippen molar-refractivity contribution in [2.45, 2.75) is 39.5 Å². The van der Waals surface area contributed by atoms with Crippen LogP contribution >= 0.6 is 0 Å². The molecule has 0 spiro atoms. The summed E-state index contributed by atoms with van der Waals surface area (Å²) in [7, 11) is 0. The van der Waals surface area contributed by atoms with Crippen molar-refractivity contribution >= 4 is 5.69 Å². The first-order valence-corrected chi connectivity index (χ1v) is 7.28. The lowest BCUT2D eigenvalue weighted by Crippen LogP contribution is -2.43. The second-order valence-electron chi connectivity index (χ2n) is 5.47. The molecular weight excluding hydrogens is 220 g/mol. The van der Waals surface area contributed by atoms with Gasteiger partial charge in [-0.15, -0.1) is 0 Å². The summed E-state index contributed by atoms with van der Waals surface area (Å²) in [4.78, 5) is 2.48. The summed E-state index contributed by atoms with van der Waals surface area (Å²) in [6.07, 6.45) is 2.55. The van der Waals surface area contributed by atoms with Crippen molar-refractivity contribution in [3.8, 4) is 0 Å². The molecule has 1 unspecified atom stereocenters. The van der Waals surface area contributed by atoms with E-state index in [1.165, 1.54) is 29.7 Å². The van der Waals surface area contributed by atoms with Gasteiger partial charge < -0.3 is 10.2 Å². The third kappa shape index (κ3) is 3.05. The average Bonchev–Trinajstić information content (AvgIpc) is 2.40. The Morgan fingerprint density at radius 1 is 1.28 bits per heavy atom. The number of piperazine rings is 1. The van der Waals surface area contributed by atoms with Crippen molar-refractivity contribution in [3.63, 3.8) is 0 Å². The van der Waals surface area contributed by atoms with Gasteiger partial charge >= 0.3 is 0 Å². The van der Waals surface area contributed by atoms with Crippen molar-refractivity contribution in [1.29, 1.82) is 0 Å². The van der Waals surface area contributed by atoms with Gasteiger partial charge in [0.05, 0.1) is 0 Å². The predicted molar refractivity (Wildman–Crippen MR) is 79.6 cm³/mol. The number of anilines is 1. The summed E-state index contributed by atoms with van der Waals surface area (Å²) in [5.74, 6) is 0.687. The number of benzene rings is 1. The molecule has 0 aliphatic carbocycles. The Kier molecular flexibility index (Phi) is 4.65. The summed E-state index contributed by atoms with van der Waals surface area (Å²) in [5.41, 5.74) is 4.36. The molecule has 1 fully saturated rings. The largest absolute Gasteiger partial charge is 0.369 e. The van der Waals surface area contributed by atoms with Gasteiger partial charge in [-0.3, -0.25) is 0 Å². The van der Waals surface area contributed by atoms with Crippen molar-refractivity contribution in [3.05, 3.63) is 29.3 Å². The first kappa shape index (κ1) is 13.4. The highest BCUT2D eigenvalue weighted by molar-refractivity contribution is 5.51. The first-order valence-electron chi connectivity index (χ1n) is 7.28. The van der Waals surface area contributed by atoms with E-state index in [-0.39, 0.29) is 0 Å². The summed E-state index contributed by atoms with van der Waals surface area (Å²) in [6.45, 7) is 11.3. The number of hydrogen-bond acceptors (Lipinski definition) is 2. The van der Waals surface area contributed by atoms with Gasteiger partial charge in [-0.1, -0.05) is 26.3 Å². The average molecular weight is 246 g/mol. The highest BCUT2D eigenvalue weighted by atomic mass is 15.2. The molecule has 0 aromatic heterocycles. The maximum atomic E-state index is 3.40. The van der Waals surface area contributed by atoms with E-state index in [9.17, 15) is 0 Å². The fourth-order valence-electron chi connectivity index (χ4n) is 2.92. The van der Waals surface area contributed by atoms with Crippen LogP contribution in [-0.2, 0) is 0 Å². The predicted octanol–water partition coefficient (Wildman–Crippen LogP) is 3.31. The van der Waals surface area contributed by atoms with E-state index < -0.39 is 0 Å². The van der Waals surface area contributed by atoms with Crippen LogP contribution in [0.3, 0.4) is 0 Å². The molecule has 1 saturated heterocycles. The normalized spacial score (nSPS) is 17.8. The molecule has 2 nitrogen and oxygen atoms in total. The van der Waals surface area contributed by atoms with E-state index in [2.05, 4.69) is 49.2 Å². The van der Waals surface area contributed by atoms with E-state index in [0.717, 1.165) is 26.2 Å². The van der Waals surface area contributed by atoms with Gasteiger partial charge in [0.15, 0.2) is 0 Å². The van der Waals surface area contributed by atoms with Crippen molar-refractivity contribution in [1.82, 2.24) is 5.32 Å². The van der Waals surface area contributed by atoms with Gasteiger partial charge in [0.25, 0.3) is 0 Å². The Morgan fingerprint density at radius 2 is 2.00 bits per heavy atom. The number of hydrogen-bond donors (Lipinski definition) is 1. The zero-order chi connectivity index (χ0) is 13.0. The van der Waals surface area contributed by atoms with Gasteiger partial charge in [-0.05, 0) is 42.5 Å². The van der Waals surface area contributed by atoms with E-state index in [1.54, 1.807) is 0 Å². The van der Waals surface area contributed by atoms with Crippen molar-refractivity contribution < 1.29 is 0 Å². The molecule has 2 heteroatoms. The van der Waals surface area contributed by atoms with Crippen LogP contribution in [0.2, 0.25) is 0 Å². The standard InChI is InChI=1S/C16H26N2/c1-4-5-13(2)16-7-6-15(12-14(16)3)18-10-8-17-9-11-18/h6-7,12-13,17H,4-5,8-11H2,1-3H3. The van der Waals surface area contributed by atoms with Crippen molar-refractivity contribution in [2.24, 2.45) is 0 Å². The summed E-state index contributed by atoms with van der Waals surface area (Å²) in [5, 5.41) is 3.40. The van der Waals surface area contributed by atoms with E-state index >= 15 is 0 Å². The molecule has 0 radical (unpaired) electrons. The molecule has 2 rings (SSSR count). The van der Waals surface area contributed by atoms with Gasteiger partial charge in [0.1, 0.15) is 0 Å². The van der Waals surface area contributed by atoms with E-state index in [0.29, 0.717) is 5.92 Å². The summed E-state index contributed by atoms with van der Waals surface area (Å²) < 4.78 is 0. The minimum Gasteiger partial charge on any atom is -0.369 e. The van der Waals surface area contributed by atoms with Crippen LogP contribution in [0.5, 0.6) is 0 Å². The SMILES string of the molecule is CCCC(C)c1ccc(N2CCNCC2)cc1C. The molecule has 1 N–H and O–H groups in total. The highest BCUT2D eigenvalue weighted by Gasteiger charge is 2.13. The molecule has 0 saturated carbocycles. The quantitative estimate of drug-likeness (QED) is 0.877. The van der Waals surface area contributed by atoms with E-state index in [1.807, 2.05) is 0 Å². The van der Waals surface area contributed by atoms with Crippen LogP contribution in [-0.4, -0.2) is 26.2 Å². The number of aryl methyl sites for hydroxylation is 1. The number of rotatable bonds is 4. The Balaban J connectivity index is 2.13. The maximum Gasteiger partial charge on any atom is 0.0369 e. The lowest BCUT2D eigenvalue weighted by atomic mass is 9.92. The summed E-state index contributed by atoms with van der Waals surface area (Å²) in [6, 6.07) is 7.01.